The van der Waals surface area contributed by atoms with Gasteiger partial charge in [0.2, 0.25) is 10.0 Å². The van der Waals surface area contributed by atoms with Gasteiger partial charge in [-0.2, -0.15) is 0 Å². The number of hydrogen-bond acceptors (Lipinski definition) is 4. The lowest BCUT2D eigenvalue weighted by Crippen LogP contribution is -2.36. The van der Waals surface area contributed by atoms with Gasteiger partial charge in [0.05, 0.1) is 11.0 Å². The first kappa shape index (κ1) is 15.3. The van der Waals surface area contributed by atoms with Gasteiger partial charge < -0.3 is 10.1 Å². The molecule has 20 heavy (non-hydrogen) atoms. The quantitative estimate of drug-likeness (QED) is 0.863. The fraction of sp³-hybridized carbons (Fsp3) is 0.571. The predicted molar refractivity (Wildman–Crippen MR) is 78.5 cm³/mol. The van der Waals surface area contributed by atoms with Gasteiger partial charge in [-0.05, 0) is 57.5 Å². The number of aryl methyl sites for hydroxylation is 1. The number of nitrogens with one attached hydrogen (secondary N) is 2. The monoisotopic (exact) mass is 298 g/mol. The summed E-state index contributed by atoms with van der Waals surface area (Å²) in [6.45, 7) is 7.28. The molecule has 1 heterocycles. The molecule has 0 bridgehead atoms. The van der Waals surface area contributed by atoms with Crippen LogP contribution in [0.4, 0.5) is 0 Å². The Bertz CT molecular complexity index is 564. The topological polar surface area (TPSA) is 67.4 Å². The van der Waals surface area contributed by atoms with E-state index in [1.165, 1.54) is 0 Å². The highest BCUT2D eigenvalue weighted by Gasteiger charge is 2.23. The van der Waals surface area contributed by atoms with E-state index in [0.717, 1.165) is 24.3 Å². The van der Waals surface area contributed by atoms with Crippen molar-refractivity contribution in [1.82, 2.24) is 10.0 Å². The Morgan fingerprint density at radius 3 is 2.70 bits per heavy atom. The summed E-state index contributed by atoms with van der Waals surface area (Å²) in [6.07, 6.45) is 0.895. The molecule has 0 unspecified atom stereocenters. The van der Waals surface area contributed by atoms with E-state index in [0.29, 0.717) is 6.54 Å². The van der Waals surface area contributed by atoms with E-state index in [9.17, 15) is 8.42 Å². The highest BCUT2D eigenvalue weighted by molar-refractivity contribution is 7.89. The highest BCUT2D eigenvalue weighted by Crippen LogP contribution is 2.23. The summed E-state index contributed by atoms with van der Waals surface area (Å²) in [5, 5.41) is 3.14. The molecule has 2 N–H and O–H groups in total. The van der Waals surface area contributed by atoms with Crippen molar-refractivity contribution in [1.29, 1.82) is 0 Å². The highest BCUT2D eigenvalue weighted by atomic mass is 32.2. The number of hydrogen-bond donors (Lipinski definition) is 2. The minimum absolute atomic E-state index is 0.0214. The van der Waals surface area contributed by atoms with E-state index < -0.39 is 10.0 Å². The lowest BCUT2D eigenvalue weighted by atomic mass is 10.2. The fourth-order valence-electron chi connectivity index (χ4n) is 2.22. The Balaban J connectivity index is 2.17. The second-order valence-corrected chi connectivity index (χ2v) is 7.12. The molecule has 1 fully saturated rings. The molecule has 0 spiro atoms. The van der Waals surface area contributed by atoms with Crippen molar-refractivity contribution in [3.8, 4) is 5.75 Å². The Hall–Kier alpha value is -1.11. The van der Waals surface area contributed by atoms with Crippen LogP contribution in [0.15, 0.2) is 23.1 Å². The SMILES string of the molecule is Cc1cc(S(=O)(=O)N[C@H]2CCNC2)ccc1OC(C)C. The first-order chi connectivity index (χ1) is 9.38. The third-order valence-corrected chi connectivity index (χ3v) is 4.72. The number of ether oxygens (including phenoxy) is 1. The Morgan fingerprint density at radius 1 is 1.40 bits per heavy atom. The standard InChI is InChI=1S/C14H22N2O3S/c1-10(2)19-14-5-4-13(8-11(14)3)20(17,18)16-12-6-7-15-9-12/h4-5,8,10,12,15-16H,6-7,9H2,1-3H3/t12-/m0/s1. The van der Waals surface area contributed by atoms with Crippen LogP contribution in [0.2, 0.25) is 0 Å². The molecular formula is C14H22N2O3S. The second-order valence-electron chi connectivity index (χ2n) is 5.40. The van der Waals surface area contributed by atoms with Crippen molar-refractivity contribution in [2.45, 2.75) is 44.2 Å². The summed E-state index contributed by atoms with van der Waals surface area (Å²) in [5.41, 5.74) is 0.825. The van der Waals surface area contributed by atoms with Gasteiger partial charge in [0.15, 0.2) is 0 Å². The minimum Gasteiger partial charge on any atom is -0.491 e. The van der Waals surface area contributed by atoms with Gasteiger partial charge in [0.1, 0.15) is 5.75 Å². The fourth-order valence-corrected chi connectivity index (χ4v) is 3.57. The molecule has 6 heteroatoms. The van der Waals surface area contributed by atoms with Crippen LogP contribution in [0.25, 0.3) is 0 Å². The van der Waals surface area contributed by atoms with Gasteiger partial charge in [-0.15, -0.1) is 0 Å². The van der Waals surface area contributed by atoms with Crippen molar-refractivity contribution in [3.63, 3.8) is 0 Å². The van der Waals surface area contributed by atoms with Gasteiger partial charge in [-0.3, -0.25) is 0 Å². The van der Waals surface area contributed by atoms with Gasteiger partial charge >= 0.3 is 0 Å². The van der Waals surface area contributed by atoms with Crippen LogP contribution >= 0.6 is 0 Å². The van der Waals surface area contributed by atoms with E-state index in [2.05, 4.69) is 10.0 Å². The predicted octanol–water partition coefficient (Wildman–Crippen LogP) is 1.42. The van der Waals surface area contributed by atoms with E-state index in [1.54, 1.807) is 18.2 Å². The molecular weight excluding hydrogens is 276 g/mol. The molecule has 1 aliphatic heterocycles. The van der Waals surface area contributed by atoms with Gasteiger partial charge in [-0.1, -0.05) is 0 Å². The van der Waals surface area contributed by atoms with Gasteiger partial charge in [0.25, 0.3) is 0 Å². The van der Waals surface area contributed by atoms with Crippen molar-refractivity contribution in [3.05, 3.63) is 23.8 Å². The third-order valence-electron chi connectivity index (χ3n) is 3.20. The van der Waals surface area contributed by atoms with Crippen molar-refractivity contribution in [2.75, 3.05) is 13.1 Å². The molecule has 0 amide bonds. The Labute approximate surface area is 120 Å². The summed E-state index contributed by atoms with van der Waals surface area (Å²) in [6, 6.07) is 4.95. The molecule has 1 saturated heterocycles. The maximum atomic E-state index is 12.3. The zero-order valence-corrected chi connectivity index (χ0v) is 13.0. The van der Waals surface area contributed by atoms with E-state index in [-0.39, 0.29) is 17.0 Å². The normalized spacial score (nSPS) is 19.5. The van der Waals surface area contributed by atoms with Gasteiger partial charge in [0, 0.05) is 12.6 Å². The van der Waals surface area contributed by atoms with Crippen LogP contribution in [0.1, 0.15) is 25.8 Å². The molecule has 0 aromatic heterocycles. The molecule has 1 aromatic carbocycles. The van der Waals surface area contributed by atoms with Crippen LogP contribution in [0.5, 0.6) is 5.75 Å². The van der Waals surface area contributed by atoms with Crippen molar-refractivity contribution < 1.29 is 13.2 Å². The number of rotatable bonds is 5. The van der Waals surface area contributed by atoms with Crippen LogP contribution in [-0.4, -0.2) is 33.7 Å². The molecule has 1 aliphatic rings. The number of sulfonamides is 1. The smallest absolute Gasteiger partial charge is 0.240 e. The zero-order chi connectivity index (χ0) is 14.8. The second kappa shape index (κ2) is 6.11. The maximum absolute atomic E-state index is 12.3. The van der Waals surface area contributed by atoms with Crippen LogP contribution < -0.4 is 14.8 Å². The summed E-state index contributed by atoms with van der Waals surface area (Å²) in [4.78, 5) is 0.290. The van der Waals surface area contributed by atoms with Crippen molar-refractivity contribution in [2.24, 2.45) is 0 Å². The lowest BCUT2D eigenvalue weighted by Gasteiger charge is -2.15. The van der Waals surface area contributed by atoms with E-state index >= 15 is 0 Å². The molecule has 0 aliphatic carbocycles. The third kappa shape index (κ3) is 3.71. The Morgan fingerprint density at radius 2 is 2.15 bits per heavy atom. The van der Waals surface area contributed by atoms with Crippen molar-refractivity contribution >= 4 is 10.0 Å². The lowest BCUT2D eigenvalue weighted by molar-refractivity contribution is 0.240. The minimum atomic E-state index is -3.46. The molecule has 2 rings (SSSR count). The molecule has 1 atom stereocenters. The van der Waals surface area contributed by atoms with Crippen LogP contribution in [0, 0.1) is 6.92 Å². The molecule has 1 aromatic rings. The maximum Gasteiger partial charge on any atom is 0.240 e. The molecule has 0 radical (unpaired) electrons. The van der Waals surface area contributed by atoms with E-state index in [4.69, 9.17) is 4.74 Å². The van der Waals surface area contributed by atoms with E-state index in [1.807, 2.05) is 20.8 Å². The first-order valence-corrected chi connectivity index (χ1v) is 8.37. The average molecular weight is 298 g/mol. The molecule has 0 saturated carbocycles. The summed E-state index contributed by atoms with van der Waals surface area (Å²) < 4.78 is 32.9. The average Bonchev–Trinajstić information content (AvgIpc) is 2.83. The van der Waals surface area contributed by atoms with Crippen LogP contribution in [0.3, 0.4) is 0 Å². The first-order valence-electron chi connectivity index (χ1n) is 6.89. The molecule has 112 valence electrons. The summed E-state index contributed by atoms with van der Waals surface area (Å²) in [7, 11) is -3.46. The zero-order valence-electron chi connectivity index (χ0n) is 12.1. The van der Waals surface area contributed by atoms with Crippen LogP contribution in [-0.2, 0) is 10.0 Å². The molecule has 5 nitrogen and oxygen atoms in total. The summed E-state index contributed by atoms with van der Waals surface area (Å²) >= 11 is 0. The largest absolute Gasteiger partial charge is 0.491 e. The Kier molecular flexibility index (Phi) is 4.67. The van der Waals surface area contributed by atoms with Gasteiger partial charge in [-0.25, -0.2) is 13.1 Å². The number of benzene rings is 1. The summed E-state index contributed by atoms with van der Waals surface area (Å²) in [5.74, 6) is 0.724.